The van der Waals surface area contributed by atoms with Crippen LogP contribution in [0.1, 0.15) is 24.5 Å². The van der Waals surface area contributed by atoms with Gasteiger partial charge in [-0.3, -0.25) is 14.9 Å². The van der Waals surface area contributed by atoms with Crippen LogP contribution in [0, 0.1) is 24.0 Å². The van der Waals surface area contributed by atoms with E-state index in [1.54, 1.807) is 20.8 Å². The van der Waals surface area contributed by atoms with Crippen molar-refractivity contribution >= 4 is 21.7 Å². The molecule has 0 saturated carbocycles. The Hall–Kier alpha value is -2.00. The number of carboxylic acid groups (broad SMARTS) is 1. The first-order chi connectivity index (χ1) is 10.1. The number of aryl methyl sites for hydroxylation is 2. The first kappa shape index (κ1) is 18.1. The average Bonchev–Trinajstić information content (AvgIpc) is 2.40. The third kappa shape index (κ3) is 3.80. The highest BCUT2D eigenvalue weighted by Crippen LogP contribution is 2.29. The highest BCUT2D eigenvalue weighted by molar-refractivity contribution is 7.89. The van der Waals surface area contributed by atoms with E-state index in [0.717, 1.165) is 4.31 Å². The molecule has 0 spiro atoms. The summed E-state index contributed by atoms with van der Waals surface area (Å²) in [4.78, 5) is 20.8. The molecule has 0 aliphatic carbocycles. The number of nitrogens with zero attached hydrogens (tertiary/aromatic N) is 2. The van der Waals surface area contributed by atoms with Gasteiger partial charge in [-0.25, -0.2) is 8.42 Å². The van der Waals surface area contributed by atoms with Crippen molar-refractivity contribution < 1.29 is 23.2 Å². The summed E-state index contributed by atoms with van der Waals surface area (Å²) in [7, 11) is -4.26. The lowest BCUT2D eigenvalue weighted by Gasteiger charge is -2.20. The molecule has 0 saturated heterocycles. The van der Waals surface area contributed by atoms with Gasteiger partial charge in [-0.2, -0.15) is 4.31 Å². The number of rotatable bonds is 7. The molecule has 0 radical (unpaired) electrons. The van der Waals surface area contributed by atoms with Crippen LogP contribution in [0.2, 0.25) is 0 Å². The Balaban J connectivity index is 3.51. The van der Waals surface area contributed by atoms with E-state index in [9.17, 15) is 23.3 Å². The Kier molecular flexibility index (Phi) is 5.61. The van der Waals surface area contributed by atoms with Gasteiger partial charge >= 0.3 is 5.97 Å². The summed E-state index contributed by atoms with van der Waals surface area (Å²) >= 11 is 0. The lowest BCUT2D eigenvalue weighted by atomic mass is 10.1. The van der Waals surface area contributed by atoms with Crippen LogP contribution >= 0.6 is 0 Å². The molecule has 0 amide bonds. The van der Waals surface area contributed by atoms with Crippen LogP contribution in [0.5, 0.6) is 0 Å². The molecule has 22 heavy (non-hydrogen) atoms. The van der Waals surface area contributed by atoms with Crippen LogP contribution in [0.4, 0.5) is 5.69 Å². The number of nitro benzene ring substituents is 1. The molecule has 0 aromatic heterocycles. The van der Waals surface area contributed by atoms with Crippen LogP contribution in [-0.2, 0) is 14.8 Å². The summed E-state index contributed by atoms with van der Waals surface area (Å²) in [5.74, 6) is -1.32. The molecule has 1 rings (SSSR count). The average molecular weight is 330 g/mol. The number of benzene rings is 1. The van der Waals surface area contributed by atoms with E-state index >= 15 is 0 Å². The minimum absolute atomic E-state index is 0.0291. The van der Waals surface area contributed by atoms with Gasteiger partial charge in [-0.15, -0.1) is 0 Å². The fourth-order valence-electron chi connectivity index (χ4n) is 1.95. The maximum Gasteiger partial charge on any atom is 0.318 e. The van der Waals surface area contributed by atoms with Gasteiger partial charge in [0.25, 0.3) is 5.69 Å². The Morgan fingerprint density at radius 3 is 2.32 bits per heavy atom. The van der Waals surface area contributed by atoms with E-state index in [0.29, 0.717) is 17.5 Å². The third-order valence-corrected chi connectivity index (χ3v) is 5.05. The van der Waals surface area contributed by atoms with Crippen molar-refractivity contribution in [3.8, 4) is 0 Å². The van der Waals surface area contributed by atoms with E-state index in [-0.39, 0.29) is 6.54 Å². The van der Waals surface area contributed by atoms with Gasteiger partial charge in [0.2, 0.25) is 10.0 Å². The lowest BCUT2D eigenvalue weighted by molar-refractivity contribution is -0.387. The van der Waals surface area contributed by atoms with Crippen molar-refractivity contribution in [2.75, 3.05) is 13.1 Å². The molecule has 8 nitrogen and oxygen atoms in total. The number of carbonyl (C=O) groups is 1. The number of hydrogen-bond acceptors (Lipinski definition) is 5. The van der Waals surface area contributed by atoms with Gasteiger partial charge in [-0.1, -0.05) is 6.92 Å². The molecule has 0 heterocycles. The minimum atomic E-state index is -4.26. The molecule has 0 aliphatic rings. The lowest BCUT2D eigenvalue weighted by Crippen LogP contribution is -2.36. The summed E-state index contributed by atoms with van der Waals surface area (Å²) < 4.78 is 26.0. The molecule has 0 aliphatic heterocycles. The zero-order valence-corrected chi connectivity index (χ0v) is 13.4. The Bertz CT molecular complexity index is 699. The molecule has 0 fully saturated rings. The van der Waals surface area contributed by atoms with E-state index in [1.807, 2.05) is 0 Å². The number of sulfonamides is 1. The van der Waals surface area contributed by atoms with Gasteiger partial charge in [-0.05, 0) is 37.5 Å². The summed E-state index contributed by atoms with van der Waals surface area (Å²) in [6.07, 6.45) is 0.394. The highest BCUT2D eigenvalue weighted by atomic mass is 32.2. The van der Waals surface area contributed by atoms with Gasteiger partial charge in [0.15, 0.2) is 4.90 Å². The van der Waals surface area contributed by atoms with E-state index < -0.39 is 38.0 Å². The molecular formula is C13H18N2O6S. The van der Waals surface area contributed by atoms with Gasteiger partial charge in [0.1, 0.15) is 6.54 Å². The molecule has 0 bridgehead atoms. The molecular weight excluding hydrogens is 312 g/mol. The number of carboxylic acids is 1. The SMILES string of the molecule is CCCN(CC(=O)O)S(=O)(=O)c1cc(C)c(C)cc1[N+](=O)[O-]. The summed E-state index contributed by atoms with van der Waals surface area (Å²) in [6, 6.07) is 2.40. The van der Waals surface area contributed by atoms with Crippen molar-refractivity contribution in [3.63, 3.8) is 0 Å². The maximum atomic E-state index is 12.6. The Morgan fingerprint density at radius 1 is 1.32 bits per heavy atom. The molecule has 1 N–H and O–H groups in total. The van der Waals surface area contributed by atoms with Crippen molar-refractivity contribution in [3.05, 3.63) is 33.4 Å². The summed E-state index contributed by atoms with van der Waals surface area (Å²) in [5.41, 5.74) is 0.622. The Morgan fingerprint density at radius 2 is 1.86 bits per heavy atom. The second-order valence-corrected chi connectivity index (χ2v) is 6.80. The highest BCUT2D eigenvalue weighted by Gasteiger charge is 2.33. The molecule has 1 aromatic rings. The molecule has 0 unspecified atom stereocenters. The second kappa shape index (κ2) is 6.84. The number of aliphatic carboxylic acids is 1. The topological polar surface area (TPSA) is 118 Å². The van der Waals surface area contributed by atoms with Crippen LogP contribution < -0.4 is 0 Å². The molecule has 122 valence electrons. The zero-order chi connectivity index (χ0) is 17.1. The minimum Gasteiger partial charge on any atom is -0.480 e. The predicted molar refractivity (Wildman–Crippen MR) is 79.3 cm³/mol. The van der Waals surface area contributed by atoms with Gasteiger partial charge < -0.3 is 5.11 Å². The molecule has 1 aromatic carbocycles. The summed E-state index contributed by atoms with van der Waals surface area (Å²) in [5, 5.41) is 20.0. The van der Waals surface area contributed by atoms with E-state index in [2.05, 4.69) is 0 Å². The van der Waals surface area contributed by atoms with E-state index in [1.165, 1.54) is 12.1 Å². The fraction of sp³-hybridized carbons (Fsp3) is 0.462. The first-order valence-corrected chi connectivity index (χ1v) is 8.02. The second-order valence-electron chi connectivity index (χ2n) is 4.89. The first-order valence-electron chi connectivity index (χ1n) is 6.58. The fourth-order valence-corrected chi connectivity index (χ4v) is 3.65. The largest absolute Gasteiger partial charge is 0.480 e. The third-order valence-electron chi connectivity index (χ3n) is 3.17. The van der Waals surface area contributed by atoms with Crippen molar-refractivity contribution in [1.29, 1.82) is 0 Å². The molecule has 9 heteroatoms. The van der Waals surface area contributed by atoms with E-state index in [4.69, 9.17) is 5.11 Å². The smallest absolute Gasteiger partial charge is 0.318 e. The van der Waals surface area contributed by atoms with Crippen molar-refractivity contribution in [2.45, 2.75) is 32.1 Å². The monoisotopic (exact) mass is 330 g/mol. The van der Waals surface area contributed by atoms with Crippen LogP contribution in [0.15, 0.2) is 17.0 Å². The van der Waals surface area contributed by atoms with Crippen molar-refractivity contribution in [2.24, 2.45) is 0 Å². The summed E-state index contributed by atoms with van der Waals surface area (Å²) in [6.45, 7) is 4.21. The predicted octanol–water partition coefficient (Wildman–Crippen LogP) is 1.70. The number of nitro groups is 1. The van der Waals surface area contributed by atoms with Crippen LogP contribution in [-0.4, -0.2) is 41.8 Å². The Labute approximate surface area is 128 Å². The van der Waals surface area contributed by atoms with Crippen LogP contribution in [0.3, 0.4) is 0 Å². The standard InChI is InChI=1S/C13H18N2O6S/c1-4-5-14(8-13(16)17)22(20,21)12-7-10(3)9(2)6-11(12)15(18)19/h6-7H,4-5,8H2,1-3H3,(H,16,17). The normalized spacial score (nSPS) is 11.6. The van der Waals surface area contributed by atoms with Gasteiger partial charge in [0.05, 0.1) is 4.92 Å². The number of hydrogen-bond donors (Lipinski definition) is 1. The van der Waals surface area contributed by atoms with Gasteiger partial charge in [0, 0.05) is 12.6 Å². The quantitative estimate of drug-likeness (QED) is 0.600. The van der Waals surface area contributed by atoms with Crippen LogP contribution in [0.25, 0.3) is 0 Å². The maximum absolute atomic E-state index is 12.6. The van der Waals surface area contributed by atoms with Crippen molar-refractivity contribution in [1.82, 2.24) is 4.31 Å². The zero-order valence-electron chi connectivity index (χ0n) is 12.6. The molecule has 0 atom stereocenters.